The molecule has 0 bridgehead atoms. The minimum atomic E-state index is 0.153. The molecule has 2 aromatic carbocycles. The first-order chi connectivity index (χ1) is 9.79. The average molecular weight is 265 g/mol. The first-order valence-electron chi connectivity index (χ1n) is 6.37. The molecule has 0 aliphatic rings. The average Bonchev–Trinajstić information content (AvgIpc) is 2.48. The topological polar surface area (TPSA) is 74.2 Å². The van der Waals surface area contributed by atoms with Crippen LogP contribution in [0.25, 0.3) is 22.0 Å². The molecule has 0 saturated carbocycles. The van der Waals surface area contributed by atoms with Crippen molar-refractivity contribution in [2.75, 3.05) is 12.5 Å². The van der Waals surface area contributed by atoms with Gasteiger partial charge in [-0.2, -0.15) is 0 Å². The van der Waals surface area contributed by atoms with Gasteiger partial charge in [0.05, 0.1) is 5.69 Å². The Bertz CT molecular complexity index is 756. The van der Waals surface area contributed by atoms with E-state index in [1.807, 2.05) is 48.5 Å². The number of pyridine rings is 1. The number of nitrogens with zero attached hydrogens (tertiary/aromatic N) is 1. The maximum Gasteiger partial charge on any atom is 0.137 e. The number of hydrogen-bond acceptors (Lipinski definition) is 4. The van der Waals surface area contributed by atoms with Crippen molar-refractivity contribution in [2.24, 2.45) is 5.73 Å². The van der Waals surface area contributed by atoms with E-state index in [2.05, 4.69) is 4.98 Å². The van der Waals surface area contributed by atoms with Crippen LogP contribution >= 0.6 is 0 Å². The predicted molar refractivity (Wildman–Crippen MR) is 81.3 cm³/mol. The minimum Gasteiger partial charge on any atom is -0.478 e. The molecule has 100 valence electrons. The van der Waals surface area contributed by atoms with Crippen molar-refractivity contribution < 1.29 is 4.74 Å². The Labute approximate surface area is 117 Å². The summed E-state index contributed by atoms with van der Waals surface area (Å²) in [5.74, 6) is 1.28. The summed E-state index contributed by atoms with van der Waals surface area (Å²) in [6.45, 7) is 0.153. The number of aromatic nitrogens is 1. The number of anilines is 1. The van der Waals surface area contributed by atoms with Gasteiger partial charge in [-0.1, -0.05) is 30.3 Å². The highest BCUT2D eigenvalue weighted by Gasteiger charge is 2.09. The Morgan fingerprint density at radius 2 is 1.70 bits per heavy atom. The van der Waals surface area contributed by atoms with Gasteiger partial charge in [-0.15, -0.1) is 0 Å². The van der Waals surface area contributed by atoms with Crippen LogP contribution in [0.15, 0.2) is 54.6 Å². The Morgan fingerprint density at radius 3 is 2.45 bits per heavy atom. The minimum absolute atomic E-state index is 0.153. The first-order valence-corrected chi connectivity index (χ1v) is 6.37. The van der Waals surface area contributed by atoms with E-state index in [4.69, 9.17) is 16.2 Å². The smallest absolute Gasteiger partial charge is 0.137 e. The summed E-state index contributed by atoms with van der Waals surface area (Å²) in [7, 11) is 0. The number of ether oxygens (including phenoxy) is 1. The van der Waals surface area contributed by atoms with Crippen molar-refractivity contribution in [3.63, 3.8) is 0 Å². The van der Waals surface area contributed by atoms with Crippen LogP contribution in [0.5, 0.6) is 5.75 Å². The summed E-state index contributed by atoms with van der Waals surface area (Å²) in [5, 5.41) is 2.08. The second-order valence-corrected chi connectivity index (χ2v) is 4.42. The fourth-order valence-electron chi connectivity index (χ4n) is 2.31. The van der Waals surface area contributed by atoms with Gasteiger partial charge in [-0.25, -0.2) is 4.98 Å². The highest BCUT2D eigenvalue weighted by Crippen LogP contribution is 2.33. The lowest BCUT2D eigenvalue weighted by molar-refractivity contribution is 0.333. The van der Waals surface area contributed by atoms with Crippen molar-refractivity contribution >= 4 is 16.6 Å². The summed E-state index contributed by atoms with van der Waals surface area (Å²) in [6, 6.07) is 17.5. The molecule has 0 radical (unpaired) electrons. The number of benzene rings is 2. The molecule has 3 aromatic rings. The van der Waals surface area contributed by atoms with Crippen molar-refractivity contribution in [1.29, 1.82) is 0 Å². The molecular formula is C16H15N3O. The van der Waals surface area contributed by atoms with Gasteiger partial charge in [0.15, 0.2) is 0 Å². The van der Waals surface area contributed by atoms with Gasteiger partial charge >= 0.3 is 0 Å². The highest BCUT2D eigenvalue weighted by atomic mass is 16.5. The van der Waals surface area contributed by atoms with Gasteiger partial charge in [-0.3, -0.25) is 5.73 Å². The summed E-state index contributed by atoms with van der Waals surface area (Å²) in [6.07, 6.45) is 0. The second kappa shape index (κ2) is 5.19. The third-order valence-electron chi connectivity index (χ3n) is 3.17. The highest BCUT2D eigenvalue weighted by molar-refractivity contribution is 5.99. The third-order valence-corrected chi connectivity index (χ3v) is 3.17. The van der Waals surface area contributed by atoms with Crippen molar-refractivity contribution in [2.45, 2.75) is 0 Å². The van der Waals surface area contributed by atoms with Crippen LogP contribution in [-0.4, -0.2) is 11.7 Å². The lowest BCUT2D eigenvalue weighted by Crippen LogP contribution is -2.07. The molecule has 0 saturated heterocycles. The molecule has 0 spiro atoms. The summed E-state index contributed by atoms with van der Waals surface area (Å²) >= 11 is 0. The van der Waals surface area contributed by atoms with Crippen LogP contribution in [0.1, 0.15) is 0 Å². The van der Waals surface area contributed by atoms with E-state index < -0.39 is 0 Å². The summed E-state index contributed by atoms with van der Waals surface area (Å²) in [4.78, 5) is 4.38. The monoisotopic (exact) mass is 265 g/mol. The number of fused-ring (bicyclic) bond motifs is 1. The molecule has 0 atom stereocenters. The number of hydrogen-bond donors (Lipinski definition) is 2. The van der Waals surface area contributed by atoms with Crippen molar-refractivity contribution in [3.05, 3.63) is 54.6 Å². The first kappa shape index (κ1) is 12.4. The van der Waals surface area contributed by atoms with Crippen LogP contribution in [0, 0.1) is 0 Å². The van der Waals surface area contributed by atoms with Gasteiger partial charge in [0.2, 0.25) is 0 Å². The van der Waals surface area contributed by atoms with Crippen LogP contribution in [-0.2, 0) is 0 Å². The van der Waals surface area contributed by atoms with Gasteiger partial charge in [0.1, 0.15) is 18.3 Å². The van der Waals surface area contributed by atoms with Gasteiger partial charge in [0.25, 0.3) is 0 Å². The fourth-order valence-corrected chi connectivity index (χ4v) is 2.31. The summed E-state index contributed by atoms with van der Waals surface area (Å²) in [5.41, 5.74) is 13.1. The van der Waals surface area contributed by atoms with Crippen LogP contribution in [0.2, 0.25) is 0 Å². The van der Waals surface area contributed by atoms with Gasteiger partial charge in [0, 0.05) is 10.9 Å². The van der Waals surface area contributed by atoms with E-state index in [1.54, 1.807) is 6.07 Å². The molecule has 0 aliphatic carbocycles. The van der Waals surface area contributed by atoms with E-state index in [0.717, 1.165) is 27.8 Å². The van der Waals surface area contributed by atoms with Crippen LogP contribution < -0.4 is 16.2 Å². The molecular weight excluding hydrogens is 250 g/mol. The number of nitrogens with two attached hydrogens (primary N) is 2. The molecule has 0 unspecified atom stereocenters. The van der Waals surface area contributed by atoms with E-state index in [-0.39, 0.29) is 6.73 Å². The zero-order chi connectivity index (χ0) is 13.9. The SMILES string of the molecule is NCOc1ccc(-c2cccc(N)n2)c2ccccc12. The zero-order valence-electron chi connectivity index (χ0n) is 10.9. The fraction of sp³-hybridized carbons (Fsp3) is 0.0625. The van der Waals surface area contributed by atoms with E-state index in [1.165, 1.54) is 0 Å². The lowest BCUT2D eigenvalue weighted by atomic mass is 10.0. The molecule has 0 aliphatic heterocycles. The maximum absolute atomic E-state index is 5.77. The predicted octanol–water partition coefficient (Wildman–Crippen LogP) is 2.78. The molecule has 4 N–H and O–H groups in total. The standard InChI is InChI=1S/C16H15N3O/c17-10-20-15-9-8-12(11-4-1-2-5-13(11)15)14-6-3-7-16(18)19-14/h1-9H,10,17H2,(H2,18,19). The molecule has 3 rings (SSSR count). The zero-order valence-corrected chi connectivity index (χ0v) is 10.9. The Hall–Kier alpha value is -2.59. The Kier molecular flexibility index (Phi) is 3.23. The Morgan fingerprint density at radius 1 is 0.900 bits per heavy atom. The number of rotatable bonds is 3. The lowest BCUT2D eigenvalue weighted by Gasteiger charge is -2.11. The van der Waals surface area contributed by atoms with Crippen LogP contribution in [0.3, 0.4) is 0 Å². The summed E-state index contributed by atoms with van der Waals surface area (Å²) < 4.78 is 5.47. The molecule has 0 amide bonds. The molecule has 20 heavy (non-hydrogen) atoms. The van der Waals surface area contributed by atoms with Gasteiger partial charge in [-0.05, 0) is 29.7 Å². The maximum atomic E-state index is 5.77. The van der Waals surface area contributed by atoms with E-state index in [9.17, 15) is 0 Å². The van der Waals surface area contributed by atoms with Crippen molar-refractivity contribution in [3.8, 4) is 17.0 Å². The molecule has 1 heterocycles. The number of nitrogen functional groups attached to an aromatic ring is 1. The molecule has 4 nitrogen and oxygen atoms in total. The second-order valence-electron chi connectivity index (χ2n) is 4.42. The van der Waals surface area contributed by atoms with E-state index in [0.29, 0.717) is 5.82 Å². The van der Waals surface area contributed by atoms with E-state index >= 15 is 0 Å². The molecule has 4 heteroatoms. The normalized spacial score (nSPS) is 10.7. The quantitative estimate of drug-likeness (QED) is 0.714. The van der Waals surface area contributed by atoms with Crippen molar-refractivity contribution in [1.82, 2.24) is 4.98 Å². The third kappa shape index (κ3) is 2.17. The molecule has 0 fully saturated rings. The van der Waals surface area contributed by atoms with Crippen LogP contribution in [0.4, 0.5) is 5.82 Å². The largest absolute Gasteiger partial charge is 0.478 e. The Balaban J connectivity index is 2.25. The van der Waals surface area contributed by atoms with Gasteiger partial charge < -0.3 is 10.5 Å². The molecule has 1 aromatic heterocycles.